The molecule has 0 aliphatic heterocycles. The molecule has 12 heteroatoms. The molecule has 0 aromatic heterocycles. The van der Waals surface area contributed by atoms with E-state index in [1.807, 2.05) is 0 Å². The minimum absolute atomic E-state index is 0. The second kappa shape index (κ2) is 8.76. The van der Waals surface area contributed by atoms with Gasteiger partial charge in [-0.05, 0) is 0 Å². The maximum absolute atomic E-state index is 8.85. The van der Waals surface area contributed by atoms with Gasteiger partial charge < -0.3 is 14.6 Å². The molecule has 12 heavy (non-hydrogen) atoms. The Balaban J connectivity index is -0.0000000457. The smallest absolute Gasteiger partial charge is 0.736 e. The molecule has 6 N–H and O–H groups in total. The molecule has 0 aromatic carbocycles. The monoisotopic (exact) mass is 298 g/mol. The summed E-state index contributed by atoms with van der Waals surface area (Å²) < 4.78 is 53.1. The van der Waals surface area contributed by atoms with E-state index in [9.17, 15) is 0 Å². The molecule has 0 radical (unpaired) electrons. The predicted molar refractivity (Wildman–Crippen MR) is 37.1 cm³/mol. The summed E-state index contributed by atoms with van der Waals surface area (Å²) in [6, 6.07) is 0. The molecule has 0 bridgehead atoms. The summed E-state index contributed by atoms with van der Waals surface area (Å²) in [7, 11) is -8.83. The molecule has 0 aromatic rings. The molecule has 0 saturated heterocycles. The van der Waals surface area contributed by atoms with Crippen LogP contribution in [0.25, 0.3) is 0 Å². The Labute approximate surface area is 106 Å². The molecule has 0 saturated carbocycles. The first-order chi connectivity index (χ1) is 4.00. The fourth-order valence-corrected chi connectivity index (χ4v) is 0. The Hall–Kier alpha value is 1.18. The maximum Gasteiger partial charge on any atom is 2.00 e. The molecule has 0 unspecified atom stereocenters. The number of rotatable bonds is 0. The zero-order chi connectivity index (χ0) is 9.00. The number of nitrogens with two attached hydrogens (primary N) is 2. The van der Waals surface area contributed by atoms with E-state index in [4.69, 9.17) is 25.9 Å². The molecule has 72 valence electrons. The maximum atomic E-state index is 8.85. The minimum atomic E-state index is -4.42. The van der Waals surface area contributed by atoms with E-state index in [1.165, 1.54) is 0 Å². The molecule has 0 amide bonds. The second-order valence-corrected chi connectivity index (χ2v) is 2.96. The normalized spacial score (nSPS) is 9.67. The van der Waals surface area contributed by atoms with Crippen molar-refractivity contribution in [2.75, 3.05) is 0 Å². The minimum Gasteiger partial charge on any atom is -0.736 e. The van der Waals surface area contributed by atoms with E-state index in [1.54, 1.807) is 0 Å². The molecule has 0 fully saturated rings. The van der Waals surface area contributed by atoms with E-state index in [-0.39, 0.29) is 51.0 Å². The van der Waals surface area contributed by atoms with E-state index < -0.39 is 20.6 Å². The fraction of sp³-hybridized carbons (Fsp3) is 0. The van der Waals surface area contributed by atoms with Crippen molar-refractivity contribution >= 4 is 66.1 Å². The van der Waals surface area contributed by atoms with Crippen LogP contribution in [0.2, 0.25) is 0 Å². The van der Waals surface area contributed by atoms with Crippen LogP contribution in [0, 0.1) is 0 Å². The Morgan fingerprint density at radius 2 is 0.833 bits per heavy atom. The quantitative estimate of drug-likeness (QED) is 0.334. The van der Waals surface area contributed by atoms with Crippen molar-refractivity contribution in [1.29, 1.82) is 0 Å². The molecule has 0 aliphatic carbocycles. The standard InChI is InChI=1S/2H3NO3S.H2O.Sr/c2*1-5(2,3)4;;/h2*(H3,1,2,3,4);1H2;/q;;;+2/p-2. The Bertz CT molecular complexity index is 216. The second-order valence-electron chi connectivity index (χ2n) is 0.986. The average molecular weight is 298 g/mol. The van der Waals surface area contributed by atoms with Gasteiger partial charge in [0, 0.05) is 0 Å². The van der Waals surface area contributed by atoms with Crippen LogP contribution in [0.4, 0.5) is 0 Å². The van der Waals surface area contributed by atoms with Gasteiger partial charge >= 0.3 is 45.5 Å². The molecule has 0 atom stereocenters. The Morgan fingerprint density at radius 1 is 0.833 bits per heavy atom. The Kier molecular flexibility index (Phi) is 16.9. The first-order valence-corrected chi connectivity index (χ1v) is 4.41. The summed E-state index contributed by atoms with van der Waals surface area (Å²) in [6.45, 7) is 0. The van der Waals surface area contributed by atoms with Crippen LogP contribution in [0.3, 0.4) is 0 Å². The predicted octanol–water partition coefficient (Wildman–Crippen LogP) is -4.39. The largest absolute Gasteiger partial charge is 2.00 e. The molecule has 9 nitrogen and oxygen atoms in total. The number of hydrogen-bond acceptors (Lipinski definition) is 6. The van der Waals surface area contributed by atoms with E-state index in [0.29, 0.717) is 0 Å². The van der Waals surface area contributed by atoms with Gasteiger partial charge in [-0.25, -0.2) is 27.1 Å². The van der Waals surface area contributed by atoms with Crippen LogP contribution in [0.15, 0.2) is 0 Å². The van der Waals surface area contributed by atoms with Crippen molar-refractivity contribution in [3.05, 3.63) is 0 Å². The summed E-state index contributed by atoms with van der Waals surface area (Å²) in [6.07, 6.45) is 0. The van der Waals surface area contributed by atoms with Crippen LogP contribution in [-0.4, -0.2) is 76.9 Å². The van der Waals surface area contributed by atoms with Gasteiger partial charge in [-0.2, -0.15) is 0 Å². The first-order valence-electron chi connectivity index (χ1n) is 1.47. The van der Waals surface area contributed by atoms with Crippen molar-refractivity contribution < 1.29 is 31.4 Å². The topological polar surface area (TPSA) is 198 Å². The van der Waals surface area contributed by atoms with Gasteiger partial charge in [0.05, 0.1) is 0 Å². The zero-order valence-corrected chi connectivity index (χ0v) is 10.7. The summed E-state index contributed by atoms with van der Waals surface area (Å²) in [5, 5.41) is 7.54. The third-order valence-corrected chi connectivity index (χ3v) is 0. The Morgan fingerprint density at radius 3 is 0.833 bits per heavy atom. The van der Waals surface area contributed by atoms with Crippen LogP contribution in [0.1, 0.15) is 0 Å². The van der Waals surface area contributed by atoms with E-state index >= 15 is 0 Å². The van der Waals surface area contributed by atoms with Crippen LogP contribution < -0.4 is 10.3 Å². The van der Waals surface area contributed by atoms with E-state index in [0.717, 1.165) is 0 Å². The van der Waals surface area contributed by atoms with Gasteiger partial charge in [-0.15, -0.1) is 0 Å². The van der Waals surface area contributed by atoms with Gasteiger partial charge in [0.2, 0.25) is 0 Å². The van der Waals surface area contributed by atoms with Crippen LogP contribution >= 0.6 is 0 Å². The third kappa shape index (κ3) is 831. The third-order valence-electron chi connectivity index (χ3n) is 0. The first kappa shape index (κ1) is 23.2. The van der Waals surface area contributed by atoms with Crippen molar-refractivity contribution in [2.24, 2.45) is 10.3 Å². The molecule has 0 aliphatic rings. The molecule has 0 rings (SSSR count). The number of hydrogen-bond donors (Lipinski definition) is 2. The summed E-state index contributed by atoms with van der Waals surface area (Å²) in [5.74, 6) is 0. The van der Waals surface area contributed by atoms with Crippen LogP contribution in [-0.2, 0) is 20.6 Å². The molecular weight excluding hydrogens is 292 g/mol. The molecular formula is H6N2O7S2Sr. The fourth-order valence-electron chi connectivity index (χ4n) is 0. The van der Waals surface area contributed by atoms with Gasteiger partial charge in [-0.1, -0.05) is 0 Å². The SMILES string of the molecule is NS(=O)(=O)[O-].NS(=O)(=O)[O-].O.[Sr+2]. The van der Waals surface area contributed by atoms with Crippen molar-refractivity contribution in [3.8, 4) is 0 Å². The average Bonchev–Trinajstić information content (AvgIpc) is 1.12. The molecule has 0 spiro atoms. The van der Waals surface area contributed by atoms with Gasteiger partial charge in [0.1, 0.15) is 0 Å². The van der Waals surface area contributed by atoms with Crippen LogP contribution in [0.5, 0.6) is 0 Å². The van der Waals surface area contributed by atoms with Gasteiger partial charge in [0.25, 0.3) is 0 Å². The summed E-state index contributed by atoms with van der Waals surface area (Å²) >= 11 is 0. The van der Waals surface area contributed by atoms with E-state index in [2.05, 4.69) is 10.3 Å². The molecule has 0 heterocycles. The summed E-state index contributed by atoms with van der Waals surface area (Å²) in [5.41, 5.74) is 0. The van der Waals surface area contributed by atoms with Crippen molar-refractivity contribution in [3.63, 3.8) is 0 Å². The zero-order valence-electron chi connectivity index (χ0n) is 5.63. The van der Waals surface area contributed by atoms with Gasteiger partial charge in [0.15, 0.2) is 20.6 Å². The van der Waals surface area contributed by atoms with Gasteiger partial charge in [-0.3, -0.25) is 0 Å². The van der Waals surface area contributed by atoms with Crippen molar-refractivity contribution in [2.45, 2.75) is 0 Å². The summed E-state index contributed by atoms with van der Waals surface area (Å²) in [4.78, 5) is 0. The van der Waals surface area contributed by atoms with Crippen molar-refractivity contribution in [1.82, 2.24) is 0 Å².